The van der Waals surface area contributed by atoms with Crippen LogP contribution in [0.25, 0.3) is 0 Å². The Morgan fingerprint density at radius 1 is 1.53 bits per heavy atom. The average molecular weight is 257 g/mol. The van der Waals surface area contributed by atoms with E-state index in [1.807, 2.05) is 0 Å². The Bertz CT molecular complexity index is 613. The maximum Gasteiger partial charge on any atom is 0.278 e. The Labute approximate surface area is 109 Å². The first-order valence-electron chi connectivity index (χ1n) is 5.52. The number of hydrogen-bond donors (Lipinski definition) is 3. The number of H-pyrrole nitrogens is 1. The van der Waals surface area contributed by atoms with Crippen molar-refractivity contribution in [2.45, 2.75) is 6.42 Å². The fourth-order valence-corrected chi connectivity index (χ4v) is 1.29. The number of nitrogens with zero attached hydrogens (tertiary/aromatic N) is 3. The molecule has 0 aliphatic rings. The zero-order chi connectivity index (χ0) is 13.5. The van der Waals surface area contributed by atoms with Crippen LogP contribution in [0.2, 0.25) is 0 Å². The molecule has 0 aliphatic carbocycles. The second-order valence-electron chi connectivity index (χ2n) is 3.51. The molecule has 0 radical (unpaired) electrons. The van der Waals surface area contributed by atoms with E-state index in [1.165, 1.54) is 6.20 Å². The number of nitrogens with one attached hydrogen (secondary N) is 2. The molecule has 0 unspecified atom stereocenters. The van der Waals surface area contributed by atoms with Crippen molar-refractivity contribution in [2.75, 3.05) is 11.9 Å². The summed E-state index contributed by atoms with van der Waals surface area (Å²) in [6.45, 7) is 0.0217. The van der Waals surface area contributed by atoms with Crippen molar-refractivity contribution in [2.24, 2.45) is 0 Å². The van der Waals surface area contributed by atoms with Crippen LogP contribution >= 0.6 is 0 Å². The van der Waals surface area contributed by atoms with Crippen LogP contribution in [0.15, 0.2) is 24.5 Å². The Balaban J connectivity index is 2.07. The molecule has 2 aromatic heterocycles. The molecule has 3 N–H and O–H groups in total. The van der Waals surface area contributed by atoms with E-state index >= 15 is 0 Å². The Morgan fingerprint density at radius 3 is 3.16 bits per heavy atom. The molecule has 0 saturated heterocycles. The summed E-state index contributed by atoms with van der Waals surface area (Å²) in [4.78, 5) is 15.7. The summed E-state index contributed by atoms with van der Waals surface area (Å²) >= 11 is 0. The smallest absolute Gasteiger partial charge is 0.278 e. The molecule has 2 aromatic rings. The van der Waals surface area contributed by atoms with Gasteiger partial charge in [0.05, 0.1) is 12.8 Å². The molecule has 0 atom stereocenters. The van der Waals surface area contributed by atoms with Crippen molar-refractivity contribution < 1.29 is 9.90 Å². The molecule has 2 heterocycles. The third kappa shape index (κ3) is 3.62. The molecule has 7 nitrogen and oxygen atoms in total. The van der Waals surface area contributed by atoms with Gasteiger partial charge in [0, 0.05) is 18.2 Å². The summed E-state index contributed by atoms with van der Waals surface area (Å²) in [6.07, 6.45) is 3.27. The Hall–Kier alpha value is -2.72. The van der Waals surface area contributed by atoms with Gasteiger partial charge in [0.2, 0.25) is 0 Å². The van der Waals surface area contributed by atoms with E-state index in [-0.39, 0.29) is 12.3 Å². The average Bonchev–Trinajstić information content (AvgIpc) is 2.93. The number of anilines is 1. The van der Waals surface area contributed by atoms with Crippen molar-refractivity contribution in [1.29, 1.82) is 0 Å². The van der Waals surface area contributed by atoms with Crippen LogP contribution < -0.4 is 5.32 Å². The van der Waals surface area contributed by atoms with Gasteiger partial charge in [0.1, 0.15) is 5.82 Å². The number of rotatable bonds is 3. The normalized spacial score (nSPS) is 9.53. The molecule has 2 rings (SSSR count). The van der Waals surface area contributed by atoms with Crippen LogP contribution in [0, 0.1) is 11.8 Å². The van der Waals surface area contributed by atoms with Crippen molar-refractivity contribution in [3.63, 3.8) is 0 Å². The third-order valence-corrected chi connectivity index (χ3v) is 2.12. The lowest BCUT2D eigenvalue weighted by Gasteiger charge is -2.01. The fraction of sp³-hybridized carbons (Fsp3) is 0.167. The first-order valence-corrected chi connectivity index (χ1v) is 5.52. The van der Waals surface area contributed by atoms with E-state index in [9.17, 15) is 4.79 Å². The topological polar surface area (TPSA) is 104 Å². The molecule has 0 saturated carbocycles. The minimum atomic E-state index is -0.401. The minimum absolute atomic E-state index is 0.0217. The second-order valence-corrected chi connectivity index (χ2v) is 3.51. The minimum Gasteiger partial charge on any atom is -0.395 e. The quantitative estimate of drug-likeness (QED) is 0.681. The van der Waals surface area contributed by atoms with E-state index in [2.05, 4.69) is 37.6 Å². The number of pyridine rings is 1. The SMILES string of the molecule is O=C(Nc1cc(C#CCCO)ccn1)c1cn[nH]n1. The third-order valence-electron chi connectivity index (χ3n) is 2.12. The number of hydrogen-bond acceptors (Lipinski definition) is 5. The zero-order valence-corrected chi connectivity index (χ0v) is 9.92. The largest absolute Gasteiger partial charge is 0.395 e. The summed E-state index contributed by atoms with van der Waals surface area (Å²) in [6, 6.07) is 3.36. The highest BCUT2D eigenvalue weighted by Gasteiger charge is 2.09. The van der Waals surface area contributed by atoms with E-state index in [0.717, 1.165) is 0 Å². The van der Waals surface area contributed by atoms with Crippen LogP contribution in [0.1, 0.15) is 22.5 Å². The lowest BCUT2D eigenvalue weighted by molar-refractivity contribution is 0.102. The maximum absolute atomic E-state index is 11.7. The highest BCUT2D eigenvalue weighted by Crippen LogP contribution is 2.07. The fourth-order valence-electron chi connectivity index (χ4n) is 1.29. The van der Waals surface area contributed by atoms with Crippen LogP contribution in [-0.2, 0) is 0 Å². The van der Waals surface area contributed by atoms with Crippen LogP contribution in [0.4, 0.5) is 5.82 Å². The highest BCUT2D eigenvalue weighted by molar-refractivity contribution is 6.02. The van der Waals surface area contributed by atoms with Gasteiger partial charge in [-0.05, 0) is 12.1 Å². The molecule has 7 heteroatoms. The van der Waals surface area contributed by atoms with E-state index in [4.69, 9.17) is 5.11 Å². The first kappa shape index (κ1) is 12.7. The van der Waals surface area contributed by atoms with Gasteiger partial charge in [0.25, 0.3) is 5.91 Å². The molecule has 0 spiro atoms. The predicted molar refractivity (Wildman–Crippen MR) is 67.2 cm³/mol. The molecule has 0 aromatic carbocycles. The van der Waals surface area contributed by atoms with Crippen molar-refractivity contribution in [3.8, 4) is 11.8 Å². The van der Waals surface area contributed by atoms with Crippen molar-refractivity contribution in [1.82, 2.24) is 20.4 Å². The van der Waals surface area contributed by atoms with Crippen LogP contribution in [0.5, 0.6) is 0 Å². The maximum atomic E-state index is 11.7. The summed E-state index contributed by atoms with van der Waals surface area (Å²) in [5, 5.41) is 20.8. The molecule has 0 bridgehead atoms. The van der Waals surface area contributed by atoms with Gasteiger partial charge in [-0.15, -0.1) is 0 Å². The number of aromatic nitrogens is 4. The molecule has 0 fully saturated rings. The molecule has 0 aliphatic heterocycles. The lowest BCUT2D eigenvalue weighted by Crippen LogP contribution is -2.13. The molecular formula is C12H11N5O2. The lowest BCUT2D eigenvalue weighted by atomic mass is 10.2. The Morgan fingerprint density at radius 2 is 2.42 bits per heavy atom. The van der Waals surface area contributed by atoms with Gasteiger partial charge >= 0.3 is 0 Å². The summed E-state index contributed by atoms with van der Waals surface area (Å²) in [7, 11) is 0. The van der Waals surface area contributed by atoms with Crippen molar-refractivity contribution in [3.05, 3.63) is 35.8 Å². The van der Waals surface area contributed by atoms with Gasteiger partial charge in [-0.1, -0.05) is 11.8 Å². The Kier molecular flexibility index (Phi) is 4.21. The summed E-state index contributed by atoms with van der Waals surface area (Å²) in [5.41, 5.74) is 0.887. The van der Waals surface area contributed by atoms with E-state index in [0.29, 0.717) is 17.8 Å². The van der Waals surface area contributed by atoms with Gasteiger partial charge in [0.15, 0.2) is 5.69 Å². The summed E-state index contributed by atoms with van der Waals surface area (Å²) in [5.74, 6) is 5.63. The molecule has 96 valence electrons. The first-order chi connectivity index (χ1) is 9.29. The van der Waals surface area contributed by atoms with E-state index in [1.54, 1.807) is 18.3 Å². The second kappa shape index (κ2) is 6.28. The van der Waals surface area contributed by atoms with Crippen LogP contribution in [0.3, 0.4) is 0 Å². The number of aliphatic hydroxyl groups excluding tert-OH is 1. The van der Waals surface area contributed by atoms with E-state index < -0.39 is 5.91 Å². The summed E-state index contributed by atoms with van der Waals surface area (Å²) < 4.78 is 0. The van der Waals surface area contributed by atoms with Crippen molar-refractivity contribution >= 4 is 11.7 Å². The van der Waals surface area contributed by atoms with Gasteiger partial charge in [-0.25, -0.2) is 4.98 Å². The van der Waals surface area contributed by atoms with Crippen LogP contribution in [-0.4, -0.2) is 38.0 Å². The van der Waals surface area contributed by atoms with Gasteiger partial charge in [-0.2, -0.15) is 15.4 Å². The molecular weight excluding hydrogens is 246 g/mol. The number of carbonyl (C=O) groups excluding carboxylic acids is 1. The molecule has 19 heavy (non-hydrogen) atoms. The van der Waals surface area contributed by atoms with Gasteiger partial charge in [-0.3, -0.25) is 4.79 Å². The monoisotopic (exact) mass is 257 g/mol. The highest BCUT2D eigenvalue weighted by atomic mass is 16.2. The zero-order valence-electron chi connectivity index (χ0n) is 9.92. The number of aromatic amines is 1. The molecule has 1 amide bonds. The predicted octanol–water partition coefficient (Wildman–Crippen LogP) is 0.186. The number of carbonyl (C=O) groups is 1. The standard InChI is InChI=1S/C12H11N5O2/c18-6-2-1-3-9-4-5-13-11(7-9)15-12(19)10-8-14-17-16-10/h4-5,7-8,18H,2,6H2,(H,13,15,19)(H,14,16,17). The van der Waals surface area contributed by atoms with Gasteiger partial charge < -0.3 is 10.4 Å². The number of aliphatic hydroxyl groups is 1. The number of amides is 1.